The van der Waals surface area contributed by atoms with Crippen molar-refractivity contribution in [1.82, 2.24) is 15.0 Å². The number of rotatable bonds is 6. The van der Waals surface area contributed by atoms with Gasteiger partial charge >= 0.3 is 5.97 Å². The third-order valence-corrected chi connectivity index (χ3v) is 7.17. The molecule has 3 aliphatic rings. The Balaban J connectivity index is 1.26. The van der Waals surface area contributed by atoms with E-state index in [-0.39, 0.29) is 43.2 Å². The third kappa shape index (κ3) is 3.41. The second-order valence-corrected chi connectivity index (χ2v) is 9.83. The standard InChI is InChI=1S/C27H26N4O5/c1-16(2)17-7-9-18(10-8-17)24-28-22(36-29-24)15-35-26(34)27-14-13-23(32)31(27)21-6-4-3-5-20(21)25(33)30(27)19-11-12-19/h3-10,16,19H,11-15H2,1-2H3. The minimum atomic E-state index is -1.50. The van der Waals surface area contributed by atoms with Crippen molar-refractivity contribution < 1.29 is 23.6 Å². The molecule has 1 saturated heterocycles. The van der Waals surface area contributed by atoms with Crippen LogP contribution in [0, 0.1) is 0 Å². The molecule has 2 aromatic carbocycles. The number of aromatic nitrogens is 2. The molecular weight excluding hydrogens is 460 g/mol. The Morgan fingerprint density at radius 2 is 1.89 bits per heavy atom. The number of hydrogen-bond acceptors (Lipinski definition) is 7. The first-order chi connectivity index (χ1) is 17.4. The zero-order chi connectivity index (χ0) is 25.0. The Morgan fingerprint density at radius 1 is 1.14 bits per heavy atom. The highest BCUT2D eigenvalue weighted by molar-refractivity contribution is 6.15. The van der Waals surface area contributed by atoms with Crippen LogP contribution in [0.2, 0.25) is 0 Å². The fourth-order valence-electron chi connectivity index (χ4n) is 5.20. The number of anilines is 1. The fourth-order valence-corrected chi connectivity index (χ4v) is 5.20. The largest absolute Gasteiger partial charge is 0.452 e. The van der Waals surface area contributed by atoms with Gasteiger partial charge in [0.05, 0.1) is 11.3 Å². The van der Waals surface area contributed by atoms with E-state index in [2.05, 4.69) is 24.0 Å². The number of benzene rings is 2. The second kappa shape index (κ2) is 8.29. The highest BCUT2D eigenvalue weighted by Gasteiger charge is 2.64. The van der Waals surface area contributed by atoms with Crippen LogP contribution in [0.25, 0.3) is 11.4 Å². The molecule has 0 N–H and O–H groups in total. The molecule has 3 heterocycles. The molecule has 1 atom stereocenters. The monoisotopic (exact) mass is 486 g/mol. The molecule has 2 amide bonds. The number of ether oxygens (including phenoxy) is 1. The number of esters is 1. The van der Waals surface area contributed by atoms with Gasteiger partial charge in [0.15, 0.2) is 6.61 Å². The number of amides is 2. The molecule has 2 fully saturated rings. The van der Waals surface area contributed by atoms with E-state index in [4.69, 9.17) is 9.26 Å². The van der Waals surface area contributed by atoms with E-state index in [0.717, 1.165) is 18.4 Å². The van der Waals surface area contributed by atoms with Gasteiger partial charge in [-0.2, -0.15) is 4.98 Å². The Labute approximate surface area is 208 Å². The summed E-state index contributed by atoms with van der Waals surface area (Å²) in [7, 11) is 0. The van der Waals surface area contributed by atoms with Crippen LogP contribution in [0.5, 0.6) is 0 Å². The molecule has 1 aliphatic carbocycles. The van der Waals surface area contributed by atoms with Gasteiger partial charge in [0.1, 0.15) is 0 Å². The third-order valence-electron chi connectivity index (χ3n) is 7.17. The minimum absolute atomic E-state index is 0.101. The van der Waals surface area contributed by atoms with E-state index >= 15 is 0 Å². The van der Waals surface area contributed by atoms with Gasteiger partial charge in [0, 0.05) is 24.4 Å². The molecule has 1 aromatic heterocycles. The average Bonchev–Trinajstić information content (AvgIpc) is 3.49. The van der Waals surface area contributed by atoms with E-state index in [1.165, 1.54) is 10.5 Å². The maximum atomic E-state index is 13.7. The van der Waals surface area contributed by atoms with E-state index in [0.29, 0.717) is 23.0 Å². The van der Waals surface area contributed by atoms with Crippen LogP contribution in [0.4, 0.5) is 5.69 Å². The van der Waals surface area contributed by atoms with Gasteiger partial charge in [0.25, 0.3) is 11.8 Å². The lowest BCUT2D eigenvalue weighted by Gasteiger charge is -2.48. The van der Waals surface area contributed by atoms with Crippen LogP contribution in [-0.2, 0) is 20.9 Å². The SMILES string of the molecule is CC(C)c1ccc(-c2noc(COC(=O)C34CCC(=O)N3c3ccccc3C(=O)N4C3CC3)n2)cc1. The Hall–Kier alpha value is -4.01. The lowest BCUT2D eigenvalue weighted by atomic mass is 9.96. The lowest BCUT2D eigenvalue weighted by Crippen LogP contribution is -2.69. The number of fused-ring (bicyclic) bond motifs is 3. The second-order valence-electron chi connectivity index (χ2n) is 9.83. The van der Waals surface area contributed by atoms with E-state index in [1.807, 2.05) is 24.3 Å². The maximum Gasteiger partial charge on any atom is 0.354 e. The lowest BCUT2D eigenvalue weighted by molar-refractivity contribution is -0.159. The van der Waals surface area contributed by atoms with Crippen LogP contribution in [0.1, 0.15) is 67.3 Å². The Morgan fingerprint density at radius 3 is 2.61 bits per heavy atom. The summed E-state index contributed by atoms with van der Waals surface area (Å²) in [4.78, 5) is 47.6. The molecule has 0 spiro atoms. The van der Waals surface area contributed by atoms with Gasteiger partial charge in [0.2, 0.25) is 17.4 Å². The Kier molecular flexibility index (Phi) is 5.17. The minimum Gasteiger partial charge on any atom is -0.452 e. The summed E-state index contributed by atoms with van der Waals surface area (Å²) in [5, 5.41) is 4.02. The molecule has 6 rings (SSSR count). The summed E-state index contributed by atoms with van der Waals surface area (Å²) in [6.07, 6.45) is 1.90. The summed E-state index contributed by atoms with van der Waals surface area (Å²) >= 11 is 0. The predicted octanol–water partition coefficient (Wildman–Crippen LogP) is 4.04. The average molecular weight is 487 g/mol. The molecule has 0 radical (unpaired) electrons. The number of nitrogens with zero attached hydrogens (tertiary/aromatic N) is 4. The van der Waals surface area contributed by atoms with Gasteiger partial charge in [-0.15, -0.1) is 0 Å². The summed E-state index contributed by atoms with van der Waals surface area (Å²) < 4.78 is 11.0. The molecule has 2 aliphatic heterocycles. The summed E-state index contributed by atoms with van der Waals surface area (Å²) in [5.41, 5.74) is 1.37. The topological polar surface area (TPSA) is 106 Å². The van der Waals surface area contributed by atoms with E-state index in [9.17, 15) is 14.4 Å². The number of hydrogen-bond donors (Lipinski definition) is 0. The predicted molar refractivity (Wildman–Crippen MR) is 129 cm³/mol. The van der Waals surface area contributed by atoms with E-state index in [1.54, 1.807) is 29.2 Å². The van der Waals surface area contributed by atoms with E-state index < -0.39 is 11.6 Å². The van der Waals surface area contributed by atoms with Gasteiger partial charge in [-0.05, 0) is 36.5 Å². The highest BCUT2D eigenvalue weighted by Crippen LogP contribution is 2.49. The van der Waals surface area contributed by atoms with Gasteiger partial charge < -0.3 is 14.2 Å². The number of carbonyl (C=O) groups is 3. The van der Waals surface area contributed by atoms with Crippen LogP contribution in [0.15, 0.2) is 53.1 Å². The Bertz CT molecular complexity index is 1360. The molecular formula is C27H26N4O5. The zero-order valence-electron chi connectivity index (χ0n) is 20.1. The normalized spacial score (nSPS) is 21.1. The highest BCUT2D eigenvalue weighted by atomic mass is 16.6. The molecule has 9 nitrogen and oxygen atoms in total. The maximum absolute atomic E-state index is 13.7. The summed E-state index contributed by atoms with van der Waals surface area (Å²) in [6.45, 7) is 3.99. The molecule has 9 heteroatoms. The van der Waals surface area contributed by atoms with Crippen molar-refractivity contribution in [1.29, 1.82) is 0 Å². The van der Waals surface area contributed by atoms with Gasteiger partial charge in [-0.25, -0.2) is 4.79 Å². The molecule has 1 unspecified atom stereocenters. The first kappa shape index (κ1) is 22.5. The van der Waals surface area contributed by atoms with Crippen LogP contribution < -0.4 is 4.90 Å². The van der Waals surface area contributed by atoms with Crippen molar-refractivity contribution in [3.8, 4) is 11.4 Å². The van der Waals surface area contributed by atoms with Crippen LogP contribution >= 0.6 is 0 Å². The van der Waals surface area contributed by atoms with Crippen molar-refractivity contribution in [3.05, 3.63) is 65.5 Å². The first-order valence-electron chi connectivity index (χ1n) is 12.3. The van der Waals surface area contributed by atoms with Crippen molar-refractivity contribution in [2.75, 3.05) is 4.90 Å². The summed E-state index contributed by atoms with van der Waals surface area (Å²) in [6, 6.07) is 14.7. The molecule has 184 valence electrons. The van der Waals surface area contributed by atoms with Crippen molar-refractivity contribution in [2.45, 2.75) is 63.8 Å². The van der Waals surface area contributed by atoms with Crippen molar-refractivity contribution >= 4 is 23.5 Å². The number of para-hydroxylation sites is 1. The zero-order valence-corrected chi connectivity index (χ0v) is 20.1. The molecule has 0 bridgehead atoms. The molecule has 3 aromatic rings. The van der Waals surface area contributed by atoms with Crippen LogP contribution in [0.3, 0.4) is 0 Å². The van der Waals surface area contributed by atoms with Gasteiger partial charge in [-0.1, -0.05) is 55.4 Å². The van der Waals surface area contributed by atoms with Crippen molar-refractivity contribution in [2.24, 2.45) is 0 Å². The molecule has 1 saturated carbocycles. The van der Waals surface area contributed by atoms with Crippen molar-refractivity contribution in [3.63, 3.8) is 0 Å². The smallest absolute Gasteiger partial charge is 0.354 e. The summed E-state index contributed by atoms with van der Waals surface area (Å²) in [5.74, 6) is -0.172. The van der Waals surface area contributed by atoms with Crippen LogP contribution in [-0.4, -0.2) is 44.5 Å². The van der Waals surface area contributed by atoms with Gasteiger partial charge in [-0.3, -0.25) is 14.5 Å². The molecule has 36 heavy (non-hydrogen) atoms. The number of carbonyl (C=O) groups excluding carboxylic acids is 3. The first-order valence-corrected chi connectivity index (χ1v) is 12.3. The fraction of sp³-hybridized carbons (Fsp3) is 0.370. The quantitative estimate of drug-likeness (QED) is 0.484.